The van der Waals surface area contributed by atoms with Crippen LogP contribution in [0, 0.1) is 23.7 Å². The molecule has 1 N–H and O–H groups in total. The van der Waals surface area contributed by atoms with Gasteiger partial charge in [-0.1, -0.05) is 6.08 Å². The van der Waals surface area contributed by atoms with Gasteiger partial charge in [-0.05, 0) is 92.2 Å². The van der Waals surface area contributed by atoms with E-state index < -0.39 is 11.9 Å². The Kier molecular flexibility index (Phi) is 6.02. The highest BCUT2D eigenvalue weighted by Crippen LogP contribution is 2.53. The van der Waals surface area contributed by atoms with Crippen LogP contribution < -0.4 is 10.2 Å². The highest BCUT2D eigenvalue weighted by molar-refractivity contribution is 6.05. The van der Waals surface area contributed by atoms with Crippen molar-refractivity contribution in [3.63, 3.8) is 0 Å². The standard InChI is InChI=1S/C27H30N2O5/c1-33-26(31)22-5-3-4-10-29(24(22)27(32)34-2)21-8-6-18(7-9-21)25(30)28-23-19-12-16-11-17(14-19)15-20(23)13-16/h3-10,16-17,19-20,23H,11-15H2,1-2H3,(H,28,30). The predicted molar refractivity (Wildman–Crippen MR) is 127 cm³/mol. The fraction of sp³-hybridized carbons (Fsp3) is 0.444. The van der Waals surface area contributed by atoms with Crippen molar-refractivity contribution < 1.29 is 23.9 Å². The quantitative estimate of drug-likeness (QED) is 0.672. The van der Waals surface area contributed by atoms with Gasteiger partial charge in [-0.2, -0.15) is 0 Å². The highest BCUT2D eigenvalue weighted by atomic mass is 16.5. The molecule has 6 rings (SSSR count). The number of methoxy groups -OCH3 is 2. The molecule has 0 aromatic heterocycles. The molecule has 4 aliphatic carbocycles. The maximum atomic E-state index is 13.1. The first-order chi connectivity index (χ1) is 16.5. The molecule has 1 amide bonds. The molecule has 0 spiro atoms. The van der Waals surface area contributed by atoms with Crippen molar-refractivity contribution in [2.24, 2.45) is 23.7 Å². The van der Waals surface area contributed by atoms with Crippen LogP contribution in [-0.2, 0) is 19.1 Å². The molecule has 34 heavy (non-hydrogen) atoms. The van der Waals surface area contributed by atoms with Crippen molar-refractivity contribution >= 4 is 23.5 Å². The molecule has 4 fully saturated rings. The van der Waals surface area contributed by atoms with E-state index in [-0.39, 0.29) is 23.2 Å². The number of hydrogen-bond donors (Lipinski definition) is 1. The van der Waals surface area contributed by atoms with Crippen molar-refractivity contribution in [1.82, 2.24) is 5.32 Å². The second-order valence-electron chi connectivity index (χ2n) is 9.79. The number of ether oxygens (including phenoxy) is 2. The Bertz CT molecular complexity index is 1060. The Balaban J connectivity index is 1.36. The SMILES string of the molecule is COC(=O)C1=C(C(=O)OC)N(c2ccc(C(=O)NC3C4CC5CC(C4)CC3C5)cc2)C=CC=C1. The summed E-state index contributed by atoms with van der Waals surface area (Å²) in [7, 11) is 2.52. The van der Waals surface area contributed by atoms with Gasteiger partial charge in [0, 0.05) is 23.5 Å². The molecule has 1 aromatic carbocycles. The van der Waals surface area contributed by atoms with Crippen LogP contribution in [0.3, 0.4) is 0 Å². The van der Waals surface area contributed by atoms with Gasteiger partial charge in [-0.3, -0.25) is 4.79 Å². The molecule has 1 aliphatic heterocycles. The average molecular weight is 463 g/mol. The molecule has 0 saturated heterocycles. The summed E-state index contributed by atoms with van der Waals surface area (Å²) in [6.45, 7) is 0. The molecule has 4 bridgehead atoms. The monoisotopic (exact) mass is 462 g/mol. The number of anilines is 1. The van der Waals surface area contributed by atoms with Gasteiger partial charge in [-0.25, -0.2) is 9.59 Å². The van der Waals surface area contributed by atoms with Crippen LogP contribution in [0.5, 0.6) is 0 Å². The predicted octanol–water partition coefficient (Wildman–Crippen LogP) is 3.73. The second kappa shape index (κ2) is 9.12. The zero-order valence-electron chi connectivity index (χ0n) is 19.5. The van der Waals surface area contributed by atoms with E-state index >= 15 is 0 Å². The lowest BCUT2D eigenvalue weighted by Crippen LogP contribution is -2.55. The van der Waals surface area contributed by atoms with E-state index in [0.29, 0.717) is 23.1 Å². The first kappa shape index (κ1) is 22.4. The Labute approximate surface area is 199 Å². The van der Waals surface area contributed by atoms with Crippen LogP contribution in [-0.4, -0.2) is 38.1 Å². The lowest BCUT2D eigenvalue weighted by atomic mass is 9.54. The van der Waals surface area contributed by atoms with Gasteiger partial charge in [0.2, 0.25) is 0 Å². The molecule has 0 radical (unpaired) electrons. The Morgan fingerprint density at radius 3 is 2.06 bits per heavy atom. The summed E-state index contributed by atoms with van der Waals surface area (Å²) in [5.41, 5.74) is 1.33. The van der Waals surface area contributed by atoms with Crippen LogP contribution in [0.4, 0.5) is 5.69 Å². The molecule has 1 heterocycles. The zero-order valence-corrected chi connectivity index (χ0v) is 19.5. The first-order valence-corrected chi connectivity index (χ1v) is 11.9. The third kappa shape index (κ3) is 4.04. The van der Waals surface area contributed by atoms with E-state index in [2.05, 4.69) is 5.32 Å². The largest absolute Gasteiger partial charge is 0.465 e. The van der Waals surface area contributed by atoms with Gasteiger partial charge in [0.05, 0.1) is 19.8 Å². The van der Waals surface area contributed by atoms with Crippen LogP contribution in [0.25, 0.3) is 0 Å². The number of hydrogen-bond acceptors (Lipinski definition) is 6. The molecule has 178 valence electrons. The fourth-order valence-electron chi connectivity index (χ4n) is 6.53. The number of nitrogens with one attached hydrogen (secondary N) is 1. The van der Waals surface area contributed by atoms with Gasteiger partial charge < -0.3 is 19.7 Å². The smallest absolute Gasteiger partial charge is 0.355 e. The van der Waals surface area contributed by atoms with Crippen molar-refractivity contribution in [3.05, 3.63) is 65.5 Å². The van der Waals surface area contributed by atoms with Gasteiger partial charge in [0.25, 0.3) is 5.91 Å². The fourth-order valence-corrected chi connectivity index (χ4v) is 6.53. The molecule has 4 saturated carbocycles. The number of nitrogens with zero attached hydrogens (tertiary/aromatic N) is 1. The minimum Gasteiger partial charge on any atom is -0.465 e. The van der Waals surface area contributed by atoms with E-state index in [0.717, 1.165) is 11.8 Å². The third-order valence-corrected chi connectivity index (χ3v) is 7.82. The van der Waals surface area contributed by atoms with Crippen molar-refractivity contribution in [1.29, 1.82) is 0 Å². The number of carbonyl (C=O) groups excluding carboxylic acids is 3. The number of carbonyl (C=O) groups is 3. The molecule has 5 aliphatic rings. The molecule has 0 unspecified atom stereocenters. The lowest BCUT2D eigenvalue weighted by Gasteiger charge is -2.54. The molecule has 7 heteroatoms. The Morgan fingerprint density at radius 1 is 0.853 bits per heavy atom. The van der Waals surface area contributed by atoms with E-state index in [9.17, 15) is 14.4 Å². The Morgan fingerprint density at radius 2 is 1.47 bits per heavy atom. The lowest BCUT2D eigenvalue weighted by molar-refractivity contribution is -0.139. The second-order valence-corrected chi connectivity index (χ2v) is 9.79. The van der Waals surface area contributed by atoms with Crippen molar-refractivity contribution in [2.75, 3.05) is 19.1 Å². The topological polar surface area (TPSA) is 84.9 Å². The summed E-state index contributed by atoms with van der Waals surface area (Å²) >= 11 is 0. The van der Waals surface area contributed by atoms with E-state index in [4.69, 9.17) is 9.47 Å². The Hall–Kier alpha value is -3.35. The van der Waals surface area contributed by atoms with E-state index in [1.54, 1.807) is 47.5 Å². The van der Waals surface area contributed by atoms with Gasteiger partial charge >= 0.3 is 11.9 Å². The summed E-state index contributed by atoms with van der Waals surface area (Å²) in [6, 6.07) is 7.30. The van der Waals surface area contributed by atoms with E-state index in [1.807, 2.05) is 0 Å². The minimum atomic E-state index is -0.666. The maximum Gasteiger partial charge on any atom is 0.355 e. The number of rotatable bonds is 5. The van der Waals surface area contributed by atoms with Crippen LogP contribution in [0.1, 0.15) is 42.5 Å². The van der Waals surface area contributed by atoms with Crippen molar-refractivity contribution in [3.8, 4) is 0 Å². The normalized spacial score (nSPS) is 29.1. The number of esters is 2. The number of benzene rings is 1. The van der Waals surface area contributed by atoms with Crippen LogP contribution >= 0.6 is 0 Å². The summed E-state index contributed by atoms with van der Waals surface area (Å²) in [4.78, 5) is 39.6. The summed E-state index contributed by atoms with van der Waals surface area (Å²) in [5.74, 6) is 1.57. The average Bonchev–Trinajstić information content (AvgIpc) is 3.08. The van der Waals surface area contributed by atoms with Crippen LogP contribution in [0.2, 0.25) is 0 Å². The summed E-state index contributed by atoms with van der Waals surface area (Å²) in [5, 5.41) is 3.33. The van der Waals surface area contributed by atoms with E-state index in [1.165, 1.54) is 52.4 Å². The molecule has 1 aromatic rings. The maximum absolute atomic E-state index is 13.1. The van der Waals surface area contributed by atoms with Gasteiger partial charge in [0.1, 0.15) is 5.70 Å². The summed E-state index contributed by atoms with van der Waals surface area (Å²) < 4.78 is 9.79. The van der Waals surface area contributed by atoms with Crippen LogP contribution in [0.15, 0.2) is 60.0 Å². The highest BCUT2D eigenvalue weighted by Gasteiger charge is 2.48. The first-order valence-electron chi connectivity index (χ1n) is 11.9. The number of allylic oxidation sites excluding steroid dienone is 2. The van der Waals surface area contributed by atoms with Crippen molar-refractivity contribution in [2.45, 2.75) is 38.1 Å². The zero-order chi connectivity index (χ0) is 23.8. The minimum absolute atomic E-state index is 0.0464. The third-order valence-electron chi connectivity index (χ3n) is 7.82. The summed E-state index contributed by atoms with van der Waals surface area (Å²) in [6.07, 6.45) is 12.9. The number of amides is 1. The molecular weight excluding hydrogens is 432 g/mol. The molecular formula is C27H30N2O5. The van der Waals surface area contributed by atoms with Gasteiger partial charge in [-0.15, -0.1) is 0 Å². The van der Waals surface area contributed by atoms with Gasteiger partial charge in [0.15, 0.2) is 0 Å². The molecule has 0 atom stereocenters. The molecule has 7 nitrogen and oxygen atoms in total.